The molecule has 5 nitrogen and oxygen atoms in total. The van der Waals surface area contributed by atoms with Crippen molar-refractivity contribution < 1.29 is 22.0 Å². The molecule has 1 aliphatic rings. The first kappa shape index (κ1) is 15.4. The highest BCUT2D eigenvalue weighted by molar-refractivity contribution is 7.92. The van der Waals surface area contributed by atoms with E-state index in [0.717, 1.165) is 17.7 Å². The monoisotopic (exact) mass is 338 g/mol. The Morgan fingerprint density at radius 1 is 1.04 bits per heavy atom. The molecular formula is C15H12F2N2O3S. The van der Waals surface area contributed by atoms with Crippen molar-refractivity contribution in [2.24, 2.45) is 0 Å². The molecule has 0 unspecified atom stereocenters. The molecule has 120 valence electrons. The average Bonchev–Trinajstić information content (AvgIpc) is 2.49. The molecular weight excluding hydrogens is 326 g/mol. The summed E-state index contributed by atoms with van der Waals surface area (Å²) < 4.78 is 53.5. The lowest BCUT2D eigenvalue weighted by Crippen LogP contribution is -2.20. The molecule has 1 heterocycles. The molecule has 3 rings (SSSR count). The van der Waals surface area contributed by atoms with E-state index in [-0.39, 0.29) is 11.6 Å². The third-order valence-electron chi connectivity index (χ3n) is 3.44. The molecule has 2 aromatic rings. The maximum absolute atomic E-state index is 13.7. The second kappa shape index (κ2) is 5.62. The van der Waals surface area contributed by atoms with E-state index in [4.69, 9.17) is 0 Å². The first-order valence-corrected chi connectivity index (χ1v) is 8.24. The van der Waals surface area contributed by atoms with Crippen molar-refractivity contribution in [3.63, 3.8) is 0 Å². The Morgan fingerprint density at radius 3 is 2.61 bits per heavy atom. The summed E-state index contributed by atoms with van der Waals surface area (Å²) in [5.41, 5.74) is 1.59. The quantitative estimate of drug-likeness (QED) is 0.903. The molecule has 2 N–H and O–H groups in total. The highest BCUT2D eigenvalue weighted by Crippen LogP contribution is 2.27. The van der Waals surface area contributed by atoms with Gasteiger partial charge in [-0.2, -0.15) is 0 Å². The number of hydrogen-bond donors (Lipinski definition) is 2. The number of sulfonamides is 1. The van der Waals surface area contributed by atoms with Gasteiger partial charge in [-0.15, -0.1) is 0 Å². The number of halogens is 2. The van der Waals surface area contributed by atoms with Crippen molar-refractivity contribution >= 4 is 27.3 Å². The van der Waals surface area contributed by atoms with Gasteiger partial charge in [0.25, 0.3) is 10.0 Å². The van der Waals surface area contributed by atoms with E-state index in [9.17, 15) is 22.0 Å². The van der Waals surface area contributed by atoms with Gasteiger partial charge < -0.3 is 5.32 Å². The summed E-state index contributed by atoms with van der Waals surface area (Å²) in [6.07, 6.45) is 0.785. The second-order valence-electron chi connectivity index (χ2n) is 5.10. The van der Waals surface area contributed by atoms with Crippen molar-refractivity contribution in [2.45, 2.75) is 17.7 Å². The van der Waals surface area contributed by atoms with Crippen LogP contribution in [0.3, 0.4) is 0 Å². The zero-order chi connectivity index (χ0) is 16.6. The lowest BCUT2D eigenvalue weighted by Gasteiger charge is -2.18. The van der Waals surface area contributed by atoms with Crippen molar-refractivity contribution in [1.29, 1.82) is 0 Å². The lowest BCUT2D eigenvalue weighted by atomic mass is 10.0. The Kier molecular flexibility index (Phi) is 3.77. The minimum atomic E-state index is -4.26. The summed E-state index contributed by atoms with van der Waals surface area (Å²) in [4.78, 5) is 10.5. The minimum absolute atomic E-state index is 0.104. The van der Waals surface area contributed by atoms with E-state index in [1.807, 2.05) is 0 Å². The lowest BCUT2D eigenvalue weighted by molar-refractivity contribution is -0.116. The van der Waals surface area contributed by atoms with Gasteiger partial charge in [0.05, 0.1) is 0 Å². The molecule has 1 aliphatic heterocycles. The SMILES string of the molecule is O=C1CCc2cc(NS(=O)(=O)c3cc(F)ccc3F)ccc2N1. The maximum Gasteiger partial charge on any atom is 0.264 e. The van der Waals surface area contributed by atoms with Crippen molar-refractivity contribution in [3.8, 4) is 0 Å². The third-order valence-corrected chi connectivity index (χ3v) is 4.83. The molecule has 0 saturated carbocycles. The van der Waals surface area contributed by atoms with Crippen LogP contribution >= 0.6 is 0 Å². The van der Waals surface area contributed by atoms with Gasteiger partial charge in [-0.3, -0.25) is 9.52 Å². The Bertz CT molecular complexity index is 898. The van der Waals surface area contributed by atoms with Crippen LogP contribution in [0.25, 0.3) is 0 Å². The average molecular weight is 338 g/mol. The zero-order valence-electron chi connectivity index (χ0n) is 11.8. The molecule has 0 atom stereocenters. The van der Waals surface area contributed by atoms with Crippen molar-refractivity contribution in [2.75, 3.05) is 10.0 Å². The maximum atomic E-state index is 13.7. The predicted molar refractivity (Wildman–Crippen MR) is 80.6 cm³/mol. The van der Waals surface area contributed by atoms with E-state index in [1.54, 1.807) is 12.1 Å². The fourth-order valence-corrected chi connectivity index (χ4v) is 3.48. The normalized spacial score (nSPS) is 14.1. The summed E-state index contributed by atoms with van der Waals surface area (Å²) in [5.74, 6) is -1.99. The number of amides is 1. The Labute approximate surface area is 131 Å². The molecule has 0 fully saturated rings. The Morgan fingerprint density at radius 2 is 1.83 bits per heavy atom. The van der Waals surface area contributed by atoms with E-state index >= 15 is 0 Å². The smallest absolute Gasteiger partial charge is 0.264 e. The van der Waals surface area contributed by atoms with Gasteiger partial charge in [0.1, 0.15) is 16.5 Å². The van der Waals surface area contributed by atoms with Crippen molar-refractivity contribution in [3.05, 3.63) is 53.6 Å². The molecule has 0 bridgehead atoms. The Balaban J connectivity index is 1.92. The molecule has 0 saturated heterocycles. The van der Waals surface area contributed by atoms with Gasteiger partial charge in [0.2, 0.25) is 5.91 Å². The van der Waals surface area contributed by atoms with Crippen LogP contribution in [-0.2, 0) is 21.2 Å². The Hall–Kier alpha value is -2.48. The van der Waals surface area contributed by atoms with Gasteiger partial charge in [-0.05, 0) is 48.4 Å². The summed E-state index contributed by atoms with van der Waals surface area (Å²) in [6, 6.07) is 6.79. The fourth-order valence-electron chi connectivity index (χ4n) is 2.34. The summed E-state index contributed by atoms with van der Waals surface area (Å²) in [5, 5.41) is 2.67. The molecule has 0 radical (unpaired) electrons. The van der Waals surface area contributed by atoms with Gasteiger partial charge in [0.15, 0.2) is 0 Å². The van der Waals surface area contributed by atoms with Crippen LogP contribution < -0.4 is 10.0 Å². The van der Waals surface area contributed by atoms with Gasteiger partial charge in [-0.1, -0.05) is 0 Å². The van der Waals surface area contributed by atoms with Crippen molar-refractivity contribution in [1.82, 2.24) is 0 Å². The standard InChI is InChI=1S/C15H12F2N2O3S/c16-10-2-4-12(17)14(8-10)23(21,22)19-11-3-5-13-9(7-11)1-6-15(20)18-13/h2-5,7-8,19H,1,6H2,(H,18,20). The third kappa shape index (κ3) is 3.16. The number of anilines is 2. The first-order valence-electron chi connectivity index (χ1n) is 6.76. The molecule has 0 spiro atoms. The number of benzene rings is 2. The molecule has 1 amide bonds. The number of hydrogen-bond acceptors (Lipinski definition) is 3. The van der Waals surface area contributed by atoms with Crippen LogP contribution in [0, 0.1) is 11.6 Å². The number of nitrogens with one attached hydrogen (secondary N) is 2. The van der Waals surface area contributed by atoms with Gasteiger partial charge in [-0.25, -0.2) is 17.2 Å². The molecule has 23 heavy (non-hydrogen) atoms. The first-order chi connectivity index (χ1) is 10.8. The summed E-state index contributed by atoms with van der Waals surface area (Å²) in [7, 11) is -4.26. The molecule has 0 aromatic heterocycles. The van der Waals surface area contributed by atoms with Crippen LogP contribution in [0.5, 0.6) is 0 Å². The topological polar surface area (TPSA) is 75.3 Å². The van der Waals surface area contributed by atoms with Crippen LogP contribution in [0.4, 0.5) is 20.2 Å². The van der Waals surface area contributed by atoms with Gasteiger partial charge in [0, 0.05) is 17.8 Å². The fraction of sp³-hybridized carbons (Fsp3) is 0.133. The van der Waals surface area contributed by atoms with Crippen LogP contribution in [-0.4, -0.2) is 14.3 Å². The molecule has 8 heteroatoms. The highest BCUT2D eigenvalue weighted by atomic mass is 32.2. The highest BCUT2D eigenvalue weighted by Gasteiger charge is 2.21. The second-order valence-corrected chi connectivity index (χ2v) is 6.75. The molecule has 0 aliphatic carbocycles. The minimum Gasteiger partial charge on any atom is -0.326 e. The van der Waals surface area contributed by atoms with Crippen LogP contribution in [0.15, 0.2) is 41.3 Å². The number of carbonyl (C=O) groups excluding carboxylic acids is 1. The van der Waals surface area contributed by atoms with Crippen LogP contribution in [0.2, 0.25) is 0 Å². The van der Waals surface area contributed by atoms with Gasteiger partial charge >= 0.3 is 0 Å². The summed E-state index contributed by atoms with van der Waals surface area (Å²) >= 11 is 0. The number of aryl methyl sites for hydroxylation is 1. The van der Waals surface area contributed by atoms with E-state index in [0.29, 0.717) is 24.6 Å². The number of rotatable bonds is 3. The van der Waals surface area contributed by atoms with E-state index in [1.165, 1.54) is 6.07 Å². The number of fused-ring (bicyclic) bond motifs is 1. The number of carbonyl (C=O) groups is 1. The summed E-state index contributed by atoms with van der Waals surface area (Å²) in [6.45, 7) is 0. The largest absolute Gasteiger partial charge is 0.326 e. The van der Waals surface area contributed by atoms with Crippen LogP contribution in [0.1, 0.15) is 12.0 Å². The molecule has 2 aromatic carbocycles. The zero-order valence-corrected chi connectivity index (χ0v) is 12.6. The van der Waals surface area contributed by atoms with E-state index in [2.05, 4.69) is 10.0 Å². The predicted octanol–water partition coefficient (Wildman–Crippen LogP) is 2.65. The van der Waals surface area contributed by atoms with E-state index < -0.39 is 26.6 Å².